The highest BCUT2D eigenvalue weighted by atomic mass is 14.9. The lowest BCUT2D eigenvalue weighted by Gasteiger charge is -2.24. The molecule has 1 N–H and O–H groups in total. The van der Waals surface area contributed by atoms with Gasteiger partial charge in [0.15, 0.2) is 0 Å². The lowest BCUT2D eigenvalue weighted by atomic mass is 9.90. The second kappa shape index (κ2) is 5.58. The first-order chi connectivity index (χ1) is 5.88. The minimum Gasteiger partial charge on any atom is -0.317 e. The van der Waals surface area contributed by atoms with Crippen LogP contribution in [0.1, 0.15) is 51.9 Å². The SMILES string of the molecule is CCC(NC)C1CCCCCC1. The summed E-state index contributed by atoms with van der Waals surface area (Å²) in [6, 6.07) is 0.781. The molecule has 72 valence electrons. The van der Waals surface area contributed by atoms with E-state index in [1.165, 1.54) is 44.9 Å². The van der Waals surface area contributed by atoms with Gasteiger partial charge in [0.1, 0.15) is 0 Å². The Balaban J connectivity index is 2.35. The van der Waals surface area contributed by atoms with E-state index in [0.717, 1.165) is 12.0 Å². The van der Waals surface area contributed by atoms with Crippen LogP contribution < -0.4 is 5.32 Å². The first kappa shape index (κ1) is 10.0. The van der Waals surface area contributed by atoms with Gasteiger partial charge in [0.05, 0.1) is 0 Å². The molecule has 0 aliphatic heterocycles. The van der Waals surface area contributed by atoms with Gasteiger partial charge in [-0.15, -0.1) is 0 Å². The average molecular weight is 169 g/mol. The van der Waals surface area contributed by atoms with Crippen molar-refractivity contribution in [1.29, 1.82) is 0 Å². The van der Waals surface area contributed by atoms with Crippen LogP contribution in [0, 0.1) is 5.92 Å². The Hall–Kier alpha value is -0.0400. The van der Waals surface area contributed by atoms with E-state index in [9.17, 15) is 0 Å². The molecule has 0 heterocycles. The Bertz CT molecular complexity index is 99.6. The molecule has 1 unspecified atom stereocenters. The van der Waals surface area contributed by atoms with Crippen molar-refractivity contribution < 1.29 is 0 Å². The molecule has 0 spiro atoms. The Morgan fingerprint density at radius 1 is 1.17 bits per heavy atom. The van der Waals surface area contributed by atoms with Crippen LogP contribution in [0.15, 0.2) is 0 Å². The summed E-state index contributed by atoms with van der Waals surface area (Å²) in [5, 5.41) is 3.45. The van der Waals surface area contributed by atoms with Crippen molar-refractivity contribution in [3.05, 3.63) is 0 Å². The molecule has 0 aromatic heterocycles. The quantitative estimate of drug-likeness (QED) is 0.640. The highest BCUT2D eigenvalue weighted by Crippen LogP contribution is 2.26. The van der Waals surface area contributed by atoms with Crippen LogP contribution in [0.5, 0.6) is 0 Å². The minimum atomic E-state index is 0.781. The third-order valence-electron chi connectivity index (χ3n) is 3.28. The van der Waals surface area contributed by atoms with Crippen LogP contribution in [-0.2, 0) is 0 Å². The normalized spacial score (nSPS) is 23.5. The Kier molecular flexibility index (Phi) is 4.67. The number of hydrogen-bond acceptors (Lipinski definition) is 1. The van der Waals surface area contributed by atoms with Gasteiger partial charge < -0.3 is 5.32 Å². The zero-order valence-corrected chi connectivity index (χ0v) is 8.60. The topological polar surface area (TPSA) is 12.0 Å². The Morgan fingerprint density at radius 3 is 2.17 bits per heavy atom. The van der Waals surface area contributed by atoms with Crippen LogP contribution in [-0.4, -0.2) is 13.1 Å². The summed E-state index contributed by atoms with van der Waals surface area (Å²) < 4.78 is 0. The van der Waals surface area contributed by atoms with Crippen LogP contribution in [0.2, 0.25) is 0 Å². The molecule has 1 saturated carbocycles. The fourth-order valence-electron chi connectivity index (χ4n) is 2.49. The standard InChI is InChI=1S/C11H23N/c1-3-11(12-2)10-8-6-4-5-7-9-10/h10-12H,3-9H2,1-2H3. The highest BCUT2D eigenvalue weighted by Gasteiger charge is 2.19. The maximum atomic E-state index is 3.45. The maximum absolute atomic E-state index is 3.45. The van der Waals surface area contributed by atoms with Crippen molar-refractivity contribution in [3.8, 4) is 0 Å². The second-order valence-electron chi connectivity index (χ2n) is 4.06. The summed E-state index contributed by atoms with van der Waals surface area (Å²) in [4.78, 5) is 0. The van der Waals surface area contributed by atoms with Crippen molar-refractivity contribution >= 4 is 0 Å². The molecule has 0 radical (unpaired) electrons. The molecule has 1 rings (SSSR count). The summed E-state index contributed by atoms with van der Waals surface area (Å²) in [5.41, 5.74) is 0. The monoisotopic (exact) mass is 169 g/mol. The minimum absolute atomic E-state index is 0.781. The molecular formula is C11H23N. The summed E-state index contributed by atoms with van der Waals surface area (Å²) in [5.74, 6) is 0.961. The average Bonchev–Trinajstić information content (AvgIpc) is 2.35. The number of hydrogen-bond donors (Lipinski definition) is 1. The first-order valence-electron chi connectivity index (χ1n) is 5.55. The van der Waals surface area contributed by atoms with Crippen LogP contribution in [0.4, 0.5) is 0 Å². The van der Waals surface area contributed by atoms with Crippen LogP contribution >= 0.6 is 0 Å². The summed E-state index contributed by atoms with van der Waals surface area (Å²) >= 11 is 0. The zero-order chi connectivity index (χ0) is 8.81. The van der Waals surface area contributed by atoms with Crippen LogP contribution in [0.3, 0.4) is 0 Å². The molecular weight excluding hydrogens is 146 g/mol. The largest absolute Gasteiger partial charge is 0.317 e. The van der Waals surface area contributed by atoms with Gasteiger partial charge in [-0.1, -0.05) is 32.6 Å². The summed E-state index contributed by atoms with van der Waals surface area (Å²) in [6.45, 7) is 2.30. The first-order valence-corrected chi connectivity index (χ1v) is 5.55. The lowest BCUT2D eigenvalue weighted by molar-refractivity contribution is 0.327. The fraction of sp³-hybridized carbons (Fsp3) is 1.00. The molecule has 0 amide bonds. The van der Waals surface area contributed by atoms with E-state index in [4.69, 9.17) is 0 Å². The molecule has 0 bridgehead atoms. The van der Waals surface area contributed by atoms with Crippen molar-refractivity contribution in [3.63, 3.8) is 0 Å². The van der Waals surface area contributed by atoms with E-state index in [1.54, 1.807) is 0 Å². The summed E-state index contributed by atoms with van der Waals surface area (Å²) in [6.07, 6.45) is 10.1. The fourth-order valence-corrected chi connectivity index (χ4v) is 2.49. The van der Waals surface area contributed by atoms with Gasteiger partial charge in [0.2, 0.25) is 0 Å². The molecule has 0 aromatic rings. The molecule has 1 fully saturated rings. The molecule has 1 nitrogen and oxygen atoms in total. The van der Waals surface area contributed by atoms with E-state index in [-0.39, 0.29) is 0 Å². The molecule has 1 atom stereocenters. The van der Waals surface area contributed by atoms with Crippen LogP contribution in [0.25, 0.3) is 0 Å². The van der Waals surface area contributed by atoms with Gasteiger partial charge in [0.25, 0.3) is 0 Å². The Labute approximate surface area is 76.9 Å². The molecule has 0 aromatic carbocycles. The van der Waals surface area contributed by atoms with Gasteiger partial charge in [-0.25, -0.2) is 0 Å². The van der Waals surface area contributed by atoms with E-state index < -0.39 is 0 Å². The van der Waals surface area contributed by atoms with Gasteiger partial charge in [-0.05, 0) is 32.2 Å². The van der Waals surface area contributed by atoms with E-state index in [0.29, 0.717) is 0 Å². The molecule has 1 aliphatic carbocycles. The van der Waals surface area contributed by atoms with Crippen molar-refractivity contribution in [1.82, 2.24) is 5.32 Å². The maximum Gasteiger partial charge on any atom is 0.00897 e. The highest BCUT2D eigenvalue weighted by molar-refractivity contribution is 4.75. The zero-order valence-electron chi connectivity index (χ0n) is 8.60. The number of rotatable bonds is 3. The van der Waals surface area contributed by atoms with Crippen molar-refractivity contribution in [2.24, 2.45) is 5.92 Å². The van der Waals surface area contributed by atoms with Gasteiger partial charge >= 0.3 is 0 Å². The second-order valence-corrected chi connectivity index (χ2v) is 4.06. The number of nitrogens with one attached hydrogen (secondary N) is 1. The third kappa shape index (κ3) is 2.78. The molecule has 0 saturated heterocycles. The predicted octanol–water partition coefficient (Wildman–Crippen LogP) is 2.95. The smallest absolute Gasteiger partial charge is 0.00897 e. The molecule has 1 aliphatic rings. The van der Waals surface area contributed by atoms with Crippen molar-refractivity contribution in [2.45, 2.75) is 57.9 Å². The predicted molar refractivity (Wildman–Crippen MR) is 54.3 cm³/mol. The lowest BCUT2D eigenvalue weighted by Crippen LogP contribution is -2.32. The van der Waals surface area contributed by atoms with Gasteiger partial charge in [-0.2, -0.15) is 0 Å². The summed E-state index contributed by atoms with van der Waals surface area (Å²) in [7, 11) is 2.11. The van der Waals surface area contributed by atoms with Crippen molar-refractivity contribution in [2.75, 3.05) is 7.05 Å². The van der Waals surface area contributed by atoms with E-state index in [1.807, 2.05) is 0 Å². The van der Waals surface area contributed by atoms with E-state index >= 15 is 0 Å². The van der Waals surface area contributed by atoms with Gasteiger partial charge in [-0.3, -0.25) is 0 Å². The van der Waals surface area contributed by atoms with E-state index in [2.05, 4.69) is 19.3 Å². The Morgan fingerprint density at radius 2 is 1.75 bits per heavy atom. The third-order valence-corrected chi connectivity index (χ3v) is 3.28. The molecule has 1 heteroatoms. The van der Waals surface area contributed by atoms with Gasteiger partial charge in [0, 0.05) is 6.04 Å². The molecule has 12 heavy (non-hydrogen) atoms.